The topological polar surface area (TPSA) is 0 Å². The van der Waals surface area contributed by atoms with Crippen LogP contribution in [0, 0.1) is 41.4 Å². The smallest absolute Gasteiger partial charge is 0.00952 e. The maximum absolute atomic E-state index is 4.44. The summed E-state index contributed by atoms with van der Waals surface area (Å²) in [5.74, 6) is 9.22. The van der Waals surface area contributed by atoms with Crippen LogP contribution in [-0.4, -0.2) is 5.75 Å². The van der Waals surface area contributed by atoms with Gasteiger partial charge in [-0.25, -0.2) is 0 Å². The summed E-state index contributed by atoms with van der Waals surface area (Å²) < 4.78 is 0. The molecule has 1 heteroatoms. The van der Waals surface area contributed by atoms with E-state index < -0.39 is 0 Å². The first-order valence-electron chi connectivity index (χ1n) is 6.99. The van der Waals surface area contributed by atoms with Gasteiger partial charge in [0, 0.05) is 0 Å². The average molecular weight is 222 g/mol. The molecule has 0 amide bonds. The molecule has 4 rings (SSSR count). The van der Waals surface area contributed by atoms with E-state index in [9.17, 15) is 0 Å². The third-order valence-electron chi connectivity index (χ3n) is 6.37. The Labute approximate surface area is 98.6 Å². The molecule has 4 bridgehead atoms. The minimum absolute atomic E-state index is 1.08. The van der Waals surface area contributed by atoms with E-state index in [-0.39, 0.29) is 0 Å². The van der Waals surface area contributed by atoms with Crippen LogP contribution in [0.15, 0.2) is 0 Å². The Morgan fingerprint density at radius 1 is 0.867 bits per heavy atom. The average Bonchev–Trinajstić information content (AvgIpc) is 2.95. The standard InChI is InChI=1S/C14H22S/c15-4-3-8-5-11-7-12(8)14-10-2-1-9(6-10)13(11)14/h8-15H,1-7H2. The highest BCUT2D eigenvalue weighted by Gasteiger charge is 2.61. The molecular weight excluding hydrogens is 200 g/mol. The summed E-state index contributed by atoms with van der Waals surface area (Å²) in [6.07, 6.45) is 9.39. The molecule has 0 saturated heterocycles. The summed E-state index contributed by atoms with van der Waals surface area (Å²) in [4.78, 5) is 0. The van der Waals surface area contributed by atoms with Crippen molar-refractivity contribution in [3.8, 4) is 0 Å². The van der Waals surface area contributed by atoms with E-state index in [1.165, 1.54) is 24.2 Å². The highest BCUT2D eigenvalue weighted by atomic mass is 32.1. The molecular formula is C14H22S. The zero-order valence-corrected chi connectivity index (χ0v) is 10.3. The molecule has 4 saturated carbocycles. The van der Waals surface area contributed by atoms with Gasteiger partial charge in [-0.15, -0.1) is 0 Å². The van der Waals surface area contributed by atoms with Gasteiger partial charge in [-0.2, -0.15) is 12.6 Å². The number of fused-ring (bicyclic) bond motifs is 9. The SMILES string of the molecule is SCCC1CC2CC1C1C3CCC(C3)C21. The van der Waals surface area contributed by atoms with E-state index in [0.717, 1.165) is 29.4 Å². The second-order valence-corrected chi connectivity index (χ2v) is 7.10. The lowest BCUT2D eigenvalue weighted by atomic mass is 9.67. The fourth-order valence-corrected chi connectivity index (χ4v) is 6.53. The van der Waals surface area contributed by atoms with Gasteiger partial charge in [-0.1, -0.05) is 0 Å². The van der Waals surface area contributed by atoms with Gasteiger partial charge < -0.3 is 0 Å². The van der Waals surface area contributed by atoms with Crippen LogP contribution in [0.1, 0.15) is 38.5 Å². The Morgan fingerprint density at radius 2 is 1.67 bits per heavy atom. The van der Waals surface area contributed by atoms with Gasteiger partial charge in [-0.3, -0.25) is 0 Å². The van der Waals surface area contributed by atoms with Crippen molar-refractivity contribution in [3.63, 3.8) is 0 Å². The Bertz CT molecular complexity index is 273. The Kier molecular flexibility index (Phi) is 1.99. The van der Waals surface area contributed by atoms with Crippen LogP contribution in [0.5, 0.6) is 0 Å². The number of rotatable bonds is 2. The predicted octanol–water partition coefficient (Wildman–Crippen LogP) is 3.62. The lowest BCUT2D eigenvalue weighted by Crippen LogP contribution is -2.32. The number of hydrogen-bond donors (Lipinski definition) is 1. The first kappa shape index (κ1) is 9.39. The fraction of sp³-hybridized carbons (Fsp3) is 1.00. The van der Waals surface area contributed by atoms with E-state index >= 15 is 0 Å². The van der Waals surface area contributed by atoms with Crippen LogP contribution < -0.4 is 0 Å². The van der Waals surface area contributed by atoms with Gasteiger partial charge in [0.1, 0.15) is 0 Å². The number of hydrogen-bond acceptors (Lipinski definition) is 1. The van der Waals surface area contributed by atoms with E-state index in [4.69, 9.17) is 0 Å². The third-order valence-corrected chi connectivity index (χ3v) is 6.63. The van der Waals surface area contributed by atoms with Crippen molar-refractivity contribution in [1.82, 2.24) is 0 Å². The summed E-state index contributed by atoms with van der Waals surface area (Å²) in [5, 5.41) is 0. The van der Waals surface area contributed by atoms with Gasteiger partial charge in [0.05, 0.1) is 0 Å². The van der Waals surface area contributed by atoms with Crippen LogP contribution in [0.4, 0.5) is 0 Å². The van der Waals surface area contributed by atoms with Gasteiger partial charge in [-0.05, 0) is 85.7 Å². The van der Waals surface area contributed by atoms with Crippen molar-refractivity contribution in [1.29, 1.82) is 0 Å². The van der Waals surface area contributed by atoms with Crippen LogP contribution in [0.3, 0.4) is 0 Å². The number of thiol groups is 1. The van der Waals surface area contributed by atoms with E-state index in [0.29, 0.717) is 0 Å². The Hall–Kier alpha value is 0.350. The second-order valence-electron chi connectivity index (χ2n) is 6.66. The van der Waals surface area contributed by atoms with Crippen LogP contribution in [-0.2, 0) is 0 Å². The highest BCUT2D eigenvalue weighted by molar-refractivity contribution is 7.80. The summed E-state index contributed by atoms with van der Waals surface area (Å²) in [6.45, 7) is 0. The lowest BCUT2D eigenvalue weighted by molar-refractivity contribution is 0.104. The maximum atomic E-state index is 4.44. The normalized spacial score (nSPS) is 60.2. The summed E-state index contributed by atoms with van der Waals surface area (Å²) >= 11 is 4.44. The quantitative estimate of drug-likeness (QED) is 0.535. The minimum atomic E-state index is 1.08. The van der Waals surface area contributed by atoms with Crippen LogP contribution >= 0.6 is 12.6 Å². The third kappa shape index (κ3) is 1.11. The van der Waals surface area contributed by atoms with Gasteiger partial charge in [0.2, 0.25) is 0 Å². The molecule has 7 unspecified atom stereocenters. The molecule has 15 heavy (non-hydrogen) atoms. The molecule has 0 radical (unpaired) electrons. The molecule has 0 nitrogen and oxygen atoms in total. The Balaban J connectivity index is 1.60. The zero-order chi connectivity index (χ0) is 9.99. The molecule has 0 N–H and O–H groups in total. The second kappa shape index (κ2) is 3.18. The summed E-state index contributed by atoms with van der Waals surface area (Å²) in [7, 11) is 0. The first-order valence-corrected chi connectivity index (χ1v) is 7.62. The zero-order valence-electron chi connectivity index (χ0n) is 9.44. The molecule has 4 aliphatic carbocycles. The maximum Gasteiger partial charge on any atom is -0.00952 e. The van der Waals surface area contributed by atoms with E-state index in [1.54, 1.807) is 32.1 Å². The largest absolute Gasteiger partial charge is 0.179 e. The summed E-state index contributed by atoms with van der Waals surface area (Å²) in [5.41, 5.74) is 0. The van der Waals surface area contributed by atoms with Crippen molar-refractivity contribution in [3.05, 3.63) is 0 Å². The van der Waals surface area contributed by atoms with Gasteiger partial charge in [0.15, 0.2) is 0 Å². The van der Waals surface area contributed by atoms with Gasteiger partial charge >= 0.3 is 0 Å². The van der Waals surface area contributed by atoms with Gasteiger partial charge in [0.25, 0.3) is 0 Å². The molecule has 0 aromatic carbocycles. The Morgan fingerprint density at radius 3 is 2.47 bits per heavy atom. The molecule has 0 aromatic rings. The lowest BCUT2D eigenvalue weighted by Gasteiger charge is -2.38. The minimum Gasteiger partial charge on any atom is -0.179 e. The monoisotopic (exact) mass is 222 g/mol. The van der Waals surface area contributed by atoms with E-state index in [2.05, 4.69) is 12.6 Å². The van der Waals surface area contributed by atoms with Crippen molar-refractivity contribution < 1.29 is 0 Å². The molecule has 4 fully saturated rings. The predicted molar refractivity (Wildman–Crippen MR) is 66.0 cm³/mol. The molecule has 0 aromatic heterocycles. The van der Waals surface area contributed by atoms with Crippen LogP contribution in [0.25, 0.3) is 0 Å². The highest BCUT2D eigenvalue weighted by Crippen LogP contribution is 2.69. The molecule has 4 aliphatic rings. The van der Waals surface area contributed by atoms with Crippen molar-refractivity contribution in [2.45, 2.75) is 38.5 Å². The van der Waals surface area contributed by atoms with Crippen molar-refractivity contribution in [2.24, 2.45) is 41.4 Å². The molecule has 84 valence electrons. The van der Waals surface area contributed by atoms with E-state index in [1.807, 2.05) is 0 Å². The van der Waals surface area contributed by atoms with Crippen LogP contribution in [0.2, 0.25) is 0 Å². The van der Waals surface area contributed by atoms with Crippen molar-refractivity contribution >= 4 is 12.6 Å². The molecule has 7 atom stereocenters. The molecule has 0 heterocycles. The first-order chi connectivity index (χ1) is 7.38. The molecule has 0 aliphatic heterocycles. The van der Waals surface area contributed by atoms with Crippen molar-refractivity contribution in [2.75, 3.05) is 5.75 Å². The fourth-order valence-electron chi connectivity index (χ4n) is 6.20. The summed E-state index contributed by atoms with van der Waals surface area (Å²) in [6, 6.07) is 0. The molecule has 0 spiro atoms.